The van der Waals surface area contributed by atoms with E-state index in [9.17, 15) is 0 Å². The topological polar surface area (TPSA) is 34.1 Å². The molecule has 1 aromatic rings. The fourth-order valence-electron chi connectivity index (χ4n) is 5.12. The van der Waals surface area contributed by atoms with E-state index in [1.807, 2.05) is 7.05 Å². The Hall–Kier alpha value is -0.860. The maximum absolute atomic E-state index is 4.65. The summed E-state index contributed by atoms with van der Waals surface area (Å²) in [5, 5.41) is 3.69. The fourth-order valence-corrected chi connectivity index (χ4v) is 5.12. The van der Waals surface area contributed by atoms with Crippen LogP contribution in [0, 0.1) is 0 Å². The minimum Gasteiger partial charge on any atom is -0.354 e. The molecular formula is C21H34IN5. The van der Waals surface area contributed by atoms with Gasteiger partial charge in [0, 0.05) is 56.9 Å². The van der Waals surface area contributed by atoms with E-state index in [-0.39, 0.29) is 24.0 Å². The number of piperazine rings is 1. The quantitative estimate of drug-likeness (QED) is 0.399. The molecule has 2 aliphatic heterocycles. The first kappa shape index (κ1) is 20.9. The molecule has 2 heterocycles. The molecule has 27 heavy (non-hydrogen) atoms. The van der Waals surface area contributed by atoms with Crippen LogP contribution in [0.3, 0.4) is 0 Å². The van der Waals surface area contributed by atoms with Crippen molar-refractivity contribution in [2.45, 2.75) is 37.1 Å². The average Bonchev–Trinajstić information content (AvgIpc) is 3.25. The van der Waals surface area contributed by atoms with Crippen molar-refractivity contribution in [2.24, 2.45) is 4.99 Å². The van der Waals surface area contributed by atoms with Gasteiger partial charge in [-0.3, -0.25) is 9.89 Å². The van der Waals surface area contributed by atoms with Crippen LogP contribution in [0.25, 0.3) is 0 Å². The first-order valence-corrected chi connectivity index (χ1v) is 10.1. The van der Waals surface area contributed by atoms with E-state index >= 15 is 0 Å². The van der Waals surface area contributed by atoms with Gasteiger partial charge in [-0.2, -0.15) is 0 Å². The van der Waals surface area contributed by atoms with E-state index in [1.54, 1.807) is 0 Å². The van der Waals surface area contributed by atoms with Crippen LogP contribution in [0.1, 0.15) is 31.2 Å². The lowest BCUT2D eigenvalue weighted by Crippen LogP contribution is -2.56. The Morgan fingerprint density at radius 1 is 1.19 bits per heavy atom. The third-order valence-corrected chi connectivity index (χ3v) is 6.73. The number of rotatable bonds is 2. The van der Waals surface area contributed by atoms with Crippen LogP contribution >= 0.6 is 24.0 Å². The highest BCUT2D eigenvalue weighted by Gasteiger charge is 2.45. The standard InChI is InChI=1S/C21H33N5.HI/c1-22-20(23-14-17-15-24(2)12-13-25(17)3)26-16-21(10-6-7-11-21)18-8-4-5-9-19(18)26;/h4-5,8-9,17H,6-7,10-16H2,1-3H3,(H,22,23);1H. The second kappa shape index (κ2) is 8.66. The Labute approximate surface area is 181 Å². The Morgan fingerprint density at radius 2 is 1.93 bits per heavy atom. The second-order valence-corrected chi connectivity index (χ2v) is 8.42. The summed E-state index contributed by atoms with van der Waals surface area (Å²) in [5.74, 6) is 1.03. The van der Waals surface area contributed by atoms with Crippen LogP contribution in [0.2, 0.25) is 0 Å². The molecular weight excluding hydrogens is 449 g/mol. The number of hydrogen-bond acceptors (Lipinski definition) is 3. The first-order valence-electron chi connectivity index (χ1n) is 10.1. The molecule has 0 radical (unpaired) electrons. The highest BCUT2D eigenvalue weighted by molar-refractivity contribution is 14.0. The van der Waals surface area contributed by atoms with Crippen LogP contribution < -0.4 is 10.2 Å². The number of fused-ring (bicyclic) bond motifs is 2. The SMILES string of the molecule is CN=C(NCC1CN(C)CCN1C)N1CC2(CCCC2)c2ccccc21.I. The van der Waals surface area contributed by atoms with Crippen molar-refractivity contribution < 1.29 is 0 Å². The molecule has 0 bridgehead atoms. The average molecular weight is 483 g/mol. The lowest BCUT2D eigenvalue weighted by atomic mass is 9.81. The predicted molar refractivity (Wildman–Crippen MR) is 125 cm³/mol. The summed E-state index contributed by atoms with van der Waals surface area (Å²) >= 11 is 0. The molecule has 1 saturated carbocycles. The van der Waals surface area contributed by atoms with Gasteiger partial charge in [0.2, 0.25) is 0 Å². The van der Waals surface area contributed by atoms with Gasteiger partial charge in [-0.15, -0.1) is 24.0 Å². The smallest absolute Gasteiger partial charge is 0.198 e. The third-order valence-electron chi connectivity index (χ3n) is 6.73. The molecule has 1 spiro atoms. The number of benzene rings is 1. The summed E-state index contributed by atoms with van der Waals surface area (Å²) in [6.07, 6.45) is 5.34. The number of guanidine groups is 1. The number of aliphatic imine (C=N–C) groups is 1. The fraction of sp³-hybridized carbons (Fsp3) is 0.667. The van der Waals surface area contributed by atoms with Gasteiger partial charge in [0.05, 0.1) is 0 Å². The van der Waals surface area contributed by atoms with E-state index in [0.717, 1.165) is 38.7 Å². The number of nitrogens with zero attached hydrogens (tertiary/aromatic N) is 4. The lowest BCUT2D eigenvalue weighted by molar-refractivity contribution is 0.116. The van der Waals surface area contributed by atoms with Gasteiger partial charge in [-0.25, -0.2) is 0 Å². The van der Waals surface area contributed by atoms with Crippen molar-refractivity contribution in [1.82, 2.24) is 15.1 Å². The maximum Gasteiger partial charge on any atom is 0.198 e. The summed E-state index contributed by atoms with van der Waals surface area (Å²) in [4.78, 5) is 12.0. The van der Waals surface area contributed by atoms with Crippen molar-refractivity contribution in [3.8, 4) is 0 Å². The Morgan fingerprint density at radius 3 is 2.67 bits per heavy atom. The summed E-state index contributed by atoms with van der Waals surface area (Å²) < 4.78 is 0. The number of halogens is 1. The van der Waals surface area contributed by atoms with Crippen LogP contribution in [0.5, 0.6) is 0 Å². The normalized spacial score (nSPS) is 25.5. The van der Waals surface area contributed by atoms with Crippen LogP contribution in [0.4, 0.5) is 5.69 Å². The summed E-state index contributed by atoms with van der Waals surface area (Å²) in [6, 6.07) is 9.51. The largest absolute Gasteiger partial charge is 0.354 e. The van der Waals surface area contributed by atoms with Crippen LogP contribution in [-0.4, -0.2) is 75.7 Å². The molecule has 2 fully saturated rings. The minimum absolute atomic E-state index is 0. The molecule has 3 aliphatic rings. The molecule has 1 atom stereocenters. The van der Waals surface area contributed by atoms with Gasteiger partial charge in [0.25, 0.3) is 0 Å². The van der Waals surface area contributed by atoms with Crippen molar-refractivity contribution in [3.63, 3.8) is 0 Å². The van der Waals surface area contributed by atoms with E-state index < -0.39 is 0 Å². The third kappa shape index (κ3) is 3.98. The summed E-state index contributed by atoms with van der Waals surface area (Å²) in [5.41, 5.74) is 3.24. The molecule has 5 nitrogen and oxygen atoms in total. The molecule has 6 heteroatoms. The van der Waals surface area contributed by atoms with Crippen molar-refractivity contribution in [2.75, 3.05) is 58.8 Å². The molecule has 1 aromatic carbocycles. The number of nitrogens with one attached hydrogen (secondary N) is 1. The van der Waals surface area contributed by atoms with Crippen LogP contribution in [-0.2, 0) is 5.41 Å². The Kier molecular flexibility index (Phi) is 6.69. The highest BCUT2D eigenvalue weighted by atomic mass is 127. The molecule has 1 unspecified atom stereocenters. The van der Waals surface area contributed by atoms with Gasteiger partial charge in [-0.1, -0.05) is 31.0 Å². The lowest BCUT2D eigenvalue weighted by Gasteiger charge is -2.38. The predicted octanol–water partition coefficient (Wildman–Crippen LogP) is 2.76. The Bertz CT molecular complexity index is 670. The van der Waals surface area contributed by atoms with Gasteiger partial charge in [0.1, 0.15) is 0 Å². The maximum atomic E-state index is 4.65. The van der Waals surface area contributed by atoms with Gasteiger partial charge in [-0.05, 0) is 38.6 Å². The van der Waals surface area contributed by atoms with Gasteiger partial charge >= 0.3 is 0 Å². The summed E-state index contributed by atoms with van der Waals surface area (Å²) in [6.45, 7) is 5.42. The van der Waals surface area contributed by atoms with E-state index in [2.05, 4.69) is 63.4 Å². The van der Waals surface area contributed by atoms with E-state index in [1.165, 1.54) is 36.9 Å². The van der Waals surface area contributed by atoms with Crippen molar-refractivity contribution in [1.29, 1.82) is 0 Å². The zero-order valence-corrected chi connectivity index (χ0v) is 19.3. The van der Waals surface area contributed by atoms with Crippen LogP contribution in [0.15, 0.2) is 29.3 Å². The monoisotopic (exact) mass is 483 g/mol. The zero-order chi connectivity index (χ0) is 18.1. The molecule has 0 aromatic heterocycles. The van der Waals surface area contributed by atoms with E-state index in [4.69, 9.17) is 0 Å². The summed E-state index contributed by atoms with van der Waals surface area (Å²) in [7, 11) is 6.37. The number of likely N-dealkylation sites (N-methyl/N-ethyl adjacent to an activating group) is 2. The zero-order valence-electron chi connectivity index (χ0n) is 16.9. The first-order chi connectivity index (χ1) is 12.6. The van der Waals surface area contributed by atoms with Crippen molar-refractivity contribution >= 4 is 35.6 Å². The van der Waals surface area contributed by atoms with Gasteiger partial charge < -0.3 is 15.1 Å². The number of para-hydroxylation sites is 1. The Balaban J connectivity index is 0.00000210. The number of anilines is 1. The molecule has 0 amide bonds. The van der Waals surface area contributed by atoms with Crippen molar-refractivity contribution in [3.05, 3.63) is 29.8 Å². The second-order valence-electron chi connectivity index (χ2n) is 8.42. The minimum atomic E-state index is 0. The molecule has 1 saturated heterocycles. The molecule has 1 aliphatic carbocycles. The molecule has 1 N–H and O–H groups in total. The van der Waals surface area contributed by atoms with E-state index in [0.29, 0.717) is 11.5 Å². The molecule has 4 rings (SSSR count). The number of hydrogen-bond donors (Lipinski definition) is 1. The highest BCUT2D eigenvalue weighted by Crippen LogP contribution is 2.50. The molecule has 150 valence electrons. The van der Waals surface area contributed by atoms with Gasteiger partial charge in [0.15, 0.2) is 5.96 Å².